The number of hydrogen-bond acceptors (Lipinski definition) is 2. The minimum absolute atomic E-state index is 0.221. The van der Waals surface area contributed by atoms with E-state index < -0.39 is 12.3 Å². The van der Waals surface area contributed by atoms with Gasteiger partial charge in [-0.25, -0.2) is 4.39 Å². The summed E-state index contributed by atoms with van der Waals surface area (Å²) in [4.78, 5) is 2.18. The van der Waals surface area contributed by atoms with Crippen molar-refractivity contribution in [1.29, 1.82) is 0 Å². The number of likely N-dealkylation sites (tertiary alicyclic amines) is 1. The molecule has 0 aromatic heterocycles. The molecule has 3 rings (SSSR count). The number of piperidine rings is 1. The number of aliphatic hydroxyl groups is 1. The monoisotopic (exact) mass is 395 g/mol. The summed E-state index contributed by atoms with van der Waals surface area (Å²) in [5, 5.41) is 11.9. The van der Waals surface area contributed by atoms with Gasteiger partial charge in [-0.2, -0.15) is 0 Å². The van der Waals surface area contributed by atoms with Crippen LogP contribution in [0.2, 0.25) is 10.0 Å². The number of β-amino-alcohol motifs (C(OH)–C–C–N with tert-alkyl or cyclic N) is 1. The molecule has 1 N–H and O–H groups in total. The maximum Gasteiger partial charge on any atom is 0.103 e. The van der Waals surface area contributed by atoms with Crippen molar-refractivity contribution in [2.75, 3.05) is 26.0 Å². The Morgan fingerprint density at radius 1 is 1.21 bits per heavy atom. The first-order valence-electron chi connectivity index (χ1n) is 8.39. The average Bonchev–Trinajstić information content (AvgIpc) is 2.54. The lowest BCUT2D eigenvalue weighted by molar-refractivity contribution is -0.00592. The molecule has 1 aromatic carbocycles. The van der Waals surface area contributed by atoms with Gasteiger partial charge >= 0.3 is 0 Å². The van der Waals surface area contributed by atoms with Gasteiger partial charge in [0.1, 0.15) is 6.17 Å². The van der Waals surface area contributed by atoms with E-state index in [0.717, 1.165) is 37.9 Å². The molecule has 1 atom stereocenters. The molecule has 1 aliphatic carbocycles. The fraction of sp³-hybridized carbons (Fsp3) is 0.667. The van der Waals surface area contributed by atoms with Crippen molar-refractivity contribution in [3.05, 3.63) is 33.8 Å². The summed E-state index contributed by atoms with van der Waals surface area (Å²) in [5.41, 5.74) is 0.849. The second kappa shape index (κ2) is 9.05. The van der Waals surface area contributed by atoms with Crippen molar-refractivity contribution < 1.29 is 9.50 Å². The molecule has 2 fully saturated rings. The highest BCUT2D eigenvalue weighted by Gasteiger charge is 2.45. The summed E-state index contributed by atoms with van der Waals surface area (Å²) in [6.45, 7) is 2.07. The van der Waals surface area contributed by atoms with Crippen molar-refractivity contribution in [2.24, 2.45) is 0 Å². The number of alkyl halides is 2. The van der Waals surface area contributed by atoms with Gasteiger partial charge in [0.15, 0.2) is 0 Å². The van der Waals surface area contributed by atoms with Gasteiger partial charge < -0.3 is 10.0 Å². The molecule has 0 spiro atoms. The Labute approximate surface area is 158 Å². The smallest absolute Gasteiger partial charge is 0.103 e. The molecule has 6 heteroatoms. The summed E-state index contributed by atoms with van der Waals surface area (Å²) in [5.74, 6) is 0. The van der Waals surface area contributed by atoms with Gasteiger partial charge in [0, 0.05) is 31.4 Å². The van der Waals surface area contributed by atoms with E-state index in [1.807, 2.05) is 12.1 Å². The third kappa shape index (κ3) is 4.37. The van der Waals surface area contributed by atoms with E-state index in [2.05, 4.69) is 16.5 Å². The predicted octanol–water partition coefficient (Wildman–Crippen LogP) is 5.06. The quantitative estimate of drug-likeness (QED) is 0.719. The third-order valence-electron chi connectivity index (χ3n) is 5.33. The fourth-order valence-electron chi connectivity index (χ4n) is 3.68. The number of nitrogens with zero attached hydrogens (tertiary/aromatic N) is 1. The third-order valence-corrected chi connectivity index (χ3v) is 6.07. The van der Waals surface area contributed by atoms with E-state index in [9.17, 15) is 9.50 Å². The Balaban J connectivity index is 0.00000100. The van der Waals surface area contributed by atoms with Crippen LogP contribution in [0.25, 0.3) is 0 Å². The number of rotatable bonds is 4. The Kier molecular flexibility index (Phi) is 7.63. The van der Waals surface area contributed by atoms with Crippen LogP contribution in [0.1, 0.15) is 37.7 Å². The maximum absolute atomic E-state index is 13.2. The summed E-state index contributed by atoms with van der Waals surface area (Å²) >= 11 is 16.8. The highest BCUT2D eigenvalue weighted by atomic mass is 35.5. The number of halogens is 4. The number of hydrogen-bond donors (Lipinski definition) is 1. The zero-order valence-corrected chi connectivity index (χ0v) is 16.2. The summed E-state index contributed by atoms with van der Waals surface area (Å²) in [6.07, 6.45) is 4.54. The minimum atomic E-state index is -0.680. The van der Waals surface area contributed by atoms with Crippen LogP contribution in [0.4, 0.5) is 4.39 Å². The molecule has 1 unspecified atom stereocenters. The molecule has 1 aliphatic heterocycles. The van der Waals surface area contributed by atoms with Crippen LogP contribution in [-0.2, 0) is 5.41 Å². The Hall–Kier alpha value is -0.0600. The SMILES string of the molecule is CCl.OC(CN1CCC(F)CC1)C1(c2ccc(Cl)c(Cl)c2)CCC1. The second-order valence-electron chi connectivity index (χ2n) is 6.63. The molecule has 2 nitrogen and oxygen atoms in total. The first kappa shape index (κ1) is 20.3. The van der Waals surface area contributed by atoms with Crippen molar-refractivity contribution in [2.45, 2.75) is 49.8 Å². The lowest BCUT2D eigenvalue weighted by atomic mass is 9.61. The second-order valence-corrected chi connectivity index (χ2v) is 7.44. The van der Waals surface area contributed by atoms with Gasteiger partial charge in [0.2, 0.25) is 0 Å². The normalized spacial score (nSPS) is 22.2. The van der Waals surface area contributed by atoms with E-state index in [1.54, 1.807) is 6.07 Å². The highest BCUT2D eigenvalue weighted by molar-refractivity contribution is 6.42. The first-order valence-corrected chi connectivity index (χ1v) is 9.90. The lowest BCUT2D eigenvalue weighted by Gasteiger charge is -2.47. The van der Waals surface area contributed by atoms with Crippen LogP contribution < -0.4 is 0 Å². The largest absolute Gasteiger partial charge is 0.391 e. The van der Waals surface area contributed by atoms with E-state index in [-0.39, 0.29) is 5.41 Å². The zero-order valence-electron chi connectivity index (χ0n) is 13.9. The van der Waals surface area contributed by atoms with Gasteiger partial charge in [-0.05, 0) is 43.4 Å². The molecule has 2 aliphatic rings. The molecule has 0 bridgehead atoms. The van der Waals surface area contributed by atoms with Gasteiger partial charge in [-0.15, -0.1) is 11.6 Å². The summed E-state index contributed by atoms with van der Waals surface area (Å²) in [6, 6.07) is 5.67. The average molecular weight is 397 g/mol. The van der Waals surface area contributed by atoms with Crippen molar-refractivity contribution in [1.82, 2.24) is 4.90 Å². The van der Waals surface area contributed by atoms with Crippen LogP contribution in [0.15, 0.2) is 18.2 Å². The highest BCUT2D eigenvalue weighted by Crippen LogP contribution is 2.47. The first-order chi connectivity index (χ1) is 11.5. The molecule has 0 amide bonds. The molecular weight excluding hydrogens is 372 g/mol. The summed E-state index contributed by atoms with van der Waals surface area (Å²) in [7, 11) is 0. The standard InChI is InChI=1S/C17H22Cl2FNO.CH3Cl/c18-14-3-2-12(10-15(14)19)17(6-1-7-17)16(22)11-21-8-4-13(20)5-9-21;1-2/h2-3,10,13,16,22H,1,4-9,11H2;1H3. The van der Waals surface area contributed by atoms with Gasteiger partial charge in [0.05, 0.1) is 16.1 Å². The van der Waals surface area contributed by atoms with E-state index in [1.165, 1.54) is 6.38 Å². The molecule has 24 heavy (non-hydrogen) atoms. The minimum Gasteiger partial charge on any atom is -0.391 e. The zero-order chi connectivity index (χ0) is 17.7. The van der Waals surface area contributed by atoms with E-state index >= 15 is 0 Å². The Morgan fingerprint density at radius 2 is 1.83 bits per heavy atom. The maximum atomic E-state index is 13.2. The van der Waals surface area contributed by atoms with Crippen molar-refractivity contribution in [3.63, 3.8) is 0 Å². The Bertz CT molecular complexity index is 531. The molecule has 1 heterocycles. The molecule has 1 saturated carbocycles. The predicted molar refractivity (Wildman–Crippen MR) is 100 cm³/mol. The molecule has 1 aromatic rings. The Morgan fingerprint density at radius 3 is 2.33 bits per heavy atom. The van der Waals surface area contributed by atoms with Crippen LogP contribution in [0, 0.1) is 0 Å². The van der Waals surface area contributed by atoms with Crippen LogP contribution in [0.3, 0.4) is 0 Å². The number of benzene rings is 1. The fourth-order valence-corrected chi connectivity index (χ4v) is 3.98. The molecule has 136 valence electrons. The van der Waals surface area contributed by atoms with Gasteiger partial charge in [-0.1, -0.05) is 35.7 Å². The van der Waals surface area contributed by atoms with Crippen LogP contribution >= 0.6 is 34.8 Å². The summed E-state index contributed by atoms with van der Waals surface area (Å²) < 4.78 is 13.2. The lowest BCUT2D eigenvalue weighted by Crippen LogP contribution is -2.52. The van der Waals surface area contributed by atoms with Crippen LogP contribution in [-0.4, -0.2) is 48.3 Å². The van der Waals surface area contributed by atoms with Gasteiger partial charge in [-0.3, -0.25) is 0 Å². The van der Waals surface area contributed by atoms with Gasteiger partial charge in [0.25, 0.3) is 0 Å². The number of aliphatic hydroxyl groups excluding tert-OH is 1. The topological polar surface area (TPSA) is 23.5 Å². The van der Waals surface area contributed by atoms with Crippen molar-refractivity contribution in [3.8, 4) is 0 Å². The van der Waals surface area contributed by atoms with E-state index in [0.29, 0.717) is 29.4 Å². The van der Waals surface area contributed by atoms with Crippen LogP contribution in [0.5, 0.6) is 0 Å². The molecule has 0 radical (unpaired) electrons. The van der Waals surface area contributed by atoms with E-state index in [4.69, 9.17) is 23.2 Å². The molecular formula is C18H25Cl3FNO. The van der Waals surface area contributed by atoms with Crippen molar-refractivity contribution >= 4 is 34.8 Å². The molecule has 1 saturated heterocycles.